The second-order valence-electron chi connectivity index (χ2n) is 5.59. The van der Waals surface area contributed by atoms with E-state index < -0.39 is 6.29 Å². The Hall–Kier alpha value is -2.76. The second-order valence-corrected chi connectivity index (χ2v) is 5.59. The molecular formula is C20H20N2O3. The smallest absolute Gasteiger partial charge is 0.229 e. The van der Waals surface area contributed by atoms with Crippen molar-refractivity contribution in [1.29, 1.82) is 0 Å². The van der Waals surface area contributed by atoms with Gasteiger partial charge in [0.15, 0.2) is 6.29 Å². The molecule has 0 bridgehead atoms. The Labute approximate surface area is 146 Å². The van der Waals surface area contributed by atoms with Crippen molar-refractivity contribution < 1.29 is 14.3 Å². The van der Waals surface area contributed by atoms with E-state index in [1.165, 1.54) is 7.11 Å². The van der Waals surface area contributed by atoms with Crippen LogP contribution in [0, 0.1) is 0 Å². The fourth-order valence-corrected chi connectivity index (χ4v) is 2.53. The number of para-hydroxylation sites is 1. The molecule has 5 heteroatoms. The van der Waals surface area contributed by atoms with Gasteiger partial charge in [-0.3, -0.25) is 9.78 Å². The molecule has 128 valence electrons. The summed E-state index contributed by atoms with van der Waals surface area (Å²) in [5.74, 6) is -0.182. The summed E-state index contributed by atoms with van der Waals surface area (Å²) >= 11 is 0. The third kappa shape index (κ3) is 4.62. The molecule has 0 aliphatic rings. The average Bonchev–Trinajstić information content (AvgIpc) is 2.66. The van der Waals surface area contributed by atoms with Crippen molar-refractivity contribution >= 4 is 22.5 Å². The Balaban J connectivity index is 1.60. The first-order valence-electron chi connectivity index (χ1n) is 8.08. The highest BCUT2D eigenvalue weighted by Crippen LogP contribution is 2.21. The maximum absolute atomic E-state index is 12.3. The Morgan fingerprint density at radius 3 is 2.68 bits per heavy atom. The van der Waals surface area contributed by atoms with Gasteiger partial charge in [-0.05, 0) is 17.7 Å². The summed E-state index contributed by atoms with van der Waals surface area (Å²) in [5, 5.41) is 3.86. The number of anilines is 1. The molecule has 3 rings (SSSR count). The first-order valence-corrected chi connectivity index (χ1v) is 8.08. The molecule has 1 unspecified atom stereocenters. The van der Waals surface area contributed by atoms with Crippen molar-refractivity contribution in [1.82, 2.24) is 4.98 Å². The molecule has 0 saturated carbocycles. The van der Waals surface area contributed by atoms with Gasteiger partial charge in [-0.2, -0.15) is 0 Å². The summed E-state index contributed by atoms with van der Waals surface area (Å²) in [6, 6.07) is 19.3. The molecule has 1 amide bonds. The predicted octanol–water partition coefficient (Wildman–Crippen LogP) is 3.75. The number of hydrogen-bond donors (Lipinski definition) is 1. The third-order valence-corrected chi connectivity index (χ3v) is 3.80. The number of nitrogens with one attached hydrogen (secondary N) is 1. The van der Waals surface area contributed by atoms with Crippen molar-refractivity contribution in [3.63, 3.8) is 0 Å². The van der Waals surface area contributed by atoms with Crippen LogP contribution in [0.1, 0.15) is 12.0 Å². The van der Waals surface area contributed by atoms with E-state index in [0.717, 1.165) is 16.5 Å². The number of hydrogen-bond acceptors (Lipinski definition) is 4. The Morgan fingerprint density at radius 2 is 1.88 bits per heavy atom. The molecule has 1 aromatic heterocycles. The molecule has 0 fully saturated rings. The molecule has 3 aromatic rings. The van der Waals surface area contributed by atoms with Crippen LogP contribution in [0.15, 0.2) is 66.9 Å². The monoisotopic (exact) mass is 336 g/mol. The van der Waals surface area contributed by atoms with Crippen LogP contribution in [0.3, 0.4) is 0 Å². The molecule has 1 heterocycles. The molecule has 0 radical (unpaired) electrons. The first-order chi connectivity index (χ1) is 12.3. The summed E-state index contributed by atoms with van der Waals surface area (Å²) in [5.41, 5.74) is 2.47. The van der Waals surface area contributed by atoms with E-state index in [-0.39, 0.29) is 12.3 Å². The van der Waals surface area contributed by atoms with Crippen LogP contribution >= 0.6 is 0 Å². The van der Waals surface area contributed by atoms with E-state index in [0.29, 0.717) is 12.3 Å². The van der Waals surface area contributed by atoms with Gasteiger partial charge >= 0.3 is 0 Å². The number of amides is 1. The van der Waals surface area contributed by atoms with Crippen LogP contribution in [-0.2, 0) is 20.9 Å². The van der Waals surface area contributed by atoms with Crippen molar-refractivity contribution in [2.75, 3.05) is 12.4 Å². The molecule has 0 spiro atoms. The highest BCUT2D eigenvalue weighted by molar-refractivity contribution is 6.00. The maximum atomic E-state index is 12.3. The highest BCUT2D eigenvalue weighted by atomic mass is 16.7. The molecule has 5 nitrogen and oxygen atoms in total. The summed E-state index contributed by atoms with van der Waals surface area (Å²) in [6.07, 6.45) is 1.20. The Bertz CT molecular complexity index is 831. The van der Waals surface area contributed by atoms with Crippen LogP contribution in [0.25, 0.3) is 10.9 Å². The average molecular weight is 336 g/mol. The van der Waals surface area contributed by atoms with Crippen molar-refractivity contribution in [2.45, 2.75) is 19.3 Å². The van der Waals surface area contributed by atoms with Gasteiger partial charge in [0.1, 0.15) is 0 Å². The molecular weight excluding hydrogens is 316 g/mol. The number of aromatic nitrogens is 1. The van der Waals surface area contributed by atoms with Gasteiger partial charge in [0.2, 0.25) is 5.91 Å². The Morgan fingerprint density at radius 1 is 1.08 bits per heavy atom. The quantitative estimate of drug-likeness (QED) is 0.668. The van der Waals surface area contributed by atoms with E-state index in [9.17, 15) is 4.79 Å². The van der Waals surface area contributed by atoms with Crippen molar-refractivity contribution in [3.8, 4) is 0 Å². The standard InChI is InChI=1S/C20H20N2O3/c1-24-19(25-14-15-7-3-2-4-8-15)13-18(23)22-17-11-5-9-16-10-6-12-21-20(16)17/h2-12,19H,13-14H2,1H3,(H,22,23). The lowest BCUT2D eigenvalue weighted by Crippen LogP contribution is -2.24. The highest BCUT2D eigenvalue weighted by Gasteiger charge is 2.15. The number of nitrogens with zero attached hydrogens (tertiary/aromatic N) is 1. The van der Waals surface area contributed by atoms with Crippen molar-refractivity contribution in [2.24, 2.45) is 0 Å². The van der Waals surface area contributed by atoms with Gasteiger partial charge in [-0.1, -0.05) is 48.5 Å². The van der Waals surface area contributed by atoms with Crippen LogP contribution in [0.2, 0.25) is 0 Å². The molecule has 1 N–H and O–H groups in total. The zero-order valence-corrected chi connectivity index (χ0v) is 14.0. The molecule has 0 aliphatic carbocycles. The van der Waals surface area contributed by atoms with Crippen LogP contribution < -0.4 is 5.32 Å². The minimum atomic E-state index is -0.608. The Kier molecular flexibility index (Phi) is 5.72. The van der Waals surface area contributed by atoms with E-state index in [1.54, 1.807) is 6.20 Å². The van der Waals surface area contributed by atoms with E-state index in [4.69, 9.17) is 9.47 Å². The number of pyridine rings is 1. The number of carbonyl (C=O) groups excluding carboxylic acids is 1. The largest absolute Gasteiger partial charge is 0.355 e. The van der Waals surface area contributed by atoms with E-state index >= 15 is 0 Å². The summed E-state index contributed by atoms with van der Waals surface area (Å²) in [7, 11) is 1.53. The first kappa shape index (κ1) is 17.1. The summed E-state index contributed by atoms with van der Waals surface area (Å²) < 4.78 is 10.9. The zero-order chi connectivity index (χ0) is 17.5. The fraction of sp³-hybridized carbons (Fsp3) is 0.200. The lowest BCUT2D eigenvalue weighted by atomic mass is 10.2. The minimum Gasteiger partial charge on any atom is -0.355 e. The van der Waals surface area contributed by atoms with Gasteiger partial charge < -0.3 is 14.8 Å². The van der Waals surface area contributed by atoms with Crippen molar-refractivity contribution in [3.05, 3.63) is 72.4 Å². The zero-order valence-electron chi connectivity index (χ0n) is 14.0. The summed E-state index contributed by atoms with van der Waals surface area (Å²) in [4.78, 5) is 16.7. The molecule has 0 aliphatic heterocycles. The van der Waals surface area contributed by atoms with Gasteiger partial charge in [0, 0.05) is 18.7 Å². The molecule has 2 aromatic carbocycles. The predicted molar refractivity (Wildman–Crippen MR) is 97.0 cm³/mol. The topological polar surface area (TPSA) is 60.5 Å². The molecule has 25 heavy (non-hydrogen) atoms. The number of ether oxygens (including phenoxy) is 2. The van der Waals surface area contributed by atoms with E-state index in [1.807, 2.05) is 60.7 Å². The number of fused-ring (bicyclic) bond motifs is 1. The number of carbonyl (C=O) groups is 1. The van der Waals surface area contributed by atoms with Crippen LogP contribution in [0.4, 0.5) is 5.69 Å². The van der Waals surface area contributed by atoms with Gasteiger partial charge in [0.25, 0.3) is 0 Å². The second kappa shape index (κ2) is 8.37. The lowest BCUT2D eigenvalue weighted by molar-refractivity contribution is -0.147. The number of benzene rings is 2. The SMILES string of the molecule is COC(CC(=O)Nc1cccc2cccnc12)OCc1ccccc1. The van der Waals surface area contributed by atoms with Gasteiger partial charge in [0.05, 0.1) is 24.2 Å². The molecule has 0 saturated heterocycles. The fourth-order valence-electron chi connectivity index (χ4n) is 2.53. The summed E-state index contributed by atoms with van der Waals surface area (Å²) in [6.45, 7) is 0.391. The van der Waals surface area contributed by atoms with Crippen LogP contribution in [-0.4, -0.2) is 24.3 Å². The third-order valence-electron chi connectivity index (χ3n) is 3.80. The van der Waals surface area contributed by atoms with Crippen LogP contribution in [0.5, 0.6) is 0 Å². The minimum absolute atomic E-state index is 0.104. The van der Waals surface area contributed by atoms with E-state index in [2.05, 4.69) is 10.3 Å². The number of methoxy groups -OCH3 is 1. The maximum Gasteiger partial charge on any atom is 0.229 e. The molecule has 1 atom stereocenters. The normalized spacial score (nSPS) is 12.0. The lowest BCUT2D eigenvalue weighted by Gasteiger charge is -2.16. The number of rotatable bonds is 7. The van der Waals surface area contributed by atoms with Gasteiger partial charge in [-0.15, -0.1) is 0 Å². The van der Waals surface area contributed by atoms with Gasteiger partial charge in [-0.25, -0.2) is 0 Å².